The number of anilines is 1. The van der Waals surface area contributed by atoms with Gasteiger partial charge in [-0.2, -0.15) is 5.10 Å². The van der Waals surface area contributed by atoms with Crippen molar-refractivity contribution in [2.75, 3.05) is 20.0 Å². The third-order valence-electron chi connectivity index (χ3n) is 2.45. The number of aromatic nitrogens is 2. The van der Waals surface area contributed by atoms with E-state index in [4.69, 9.17) is 15.2 Å². The second-order valence-electron chi connectivity index (χ2n) is 3.66. The van der Waals surface area contributed by atoms with E-state index in [1.165, 1.54) is 0 Å². The molecule has 5 nitrogen and oxygen atoms in total. The summed E-state index contributed by atoms with van der Waals surface area (Å²) in [4.78, 5) is 0. The molecular formula is C12H15N3O2. The Morgan fingerprint density at radius 2 is 2.00 bits per heavy atom. The minimum atomic E-state index is 0.650. The number of nitrogen functional groups attached to an aromatic ring is 1. The number of methoxy groups -OCH3 is 2. The molecular weight excluding hydrogens is 218 g/mol. The highest BCUT2D eigenvalue weighted by atomic mass is 16.5. The van der Waals surface area contributed by atoms with Gasteiger partial charge < -0.3 is 15.2 Å². The Kier molecular flexibility index (Phi) is 3.18. The average molecular weight is 233 g/mol. The van der Waals surface area contributed by atoms with Gasteiger partial charge in [0.05, 0.1) is 32.6 Å². The lowest BCUT2D eigenvalue weighted by molar-refractivity contribution is 0.354. The zero-order valence-corrected chi connectivity index (χ0v) is 9.88. The molecule has 0 amide bonds. The number of nitrogens with two attached hydrogens (primary N) is 1. The third-order valence-corrected chi connectivity index (χ3v) is 2.45. The Hall–Kier alpha value is -2.17. The third kappa shape index (κ3) is 2.50. The van der Waals surface area contributed by atoms with Crippen LogP contribution in [0.25, 0.3) is 0 Å². The van der Waals surface area contributed by atoms with Crippen molar-refractivity contribution in [2.24, 2.45) is 0 Å². The second kappa shape index (κ2) is 4.78. The van der Waals surface area contributed by atoms with E-state index in [2.05, 4.69) is 5.10 Å². The van der Waals surface area contributed by atoms with Gasteiger partial charge in [0.25, 0.3) is 0 Å². The van der Waals surface area contributed by atoms with Crippen LogP contribution >= 0.6 is 0 Å². The summed E-state index contributed by atoms with van der Waals surface area (Å²) in [6, 6.07) is 5.77. The number of rotatable bonds is 4. The van der Waals surface area contributed by atoms with Gasteiger partial charge >= 0.3 is 0 Å². The predicted molar refractivity (Wildman–Crippen MR) is 65.3 cm³/mol. The summed E-state index contributed by atoms with van der Waals surface area (Å²) in [6.07, 6.45) is 3.41. The van der Waals surface area contributed by atoms with Gasteiger partial charge in [-0.25, -0.2) is 0 Å². The van der Waals surface area contributed by atoms with E-state index < -0.39 is 0 Å². The number of hydrogen-bond acceptors (Lipinski definition) is 4. The largest absolute Gasteiger partial charge is 0.493 e. The van der Waals surface area contributed by atoms with Gasteiger partial charge in [0.2, 0.25) is 0 Å². The molecule has 1 aromatic carbocycles. The normalized spacial score (nSPS) is 10.2. The van der Waals surface area contributed by atoms with Crippen LogP contribution in [0.2, 0.25) is 0 Å². The molecule has 5 heteroatoms. The zero-order chi connectivity index (χ0) is 12.3. The van der Waals surface area contributed by atoms with E-state index >= 15 is 0 Å². The van der Waals surface area contributed by atoms with Crippen LogP contribution in [0.3, 0.4) is 0 Å². The lowest BCUT2D eigenvalue weighted by Crippen LogP contribution is -2.01. The van der Waals surface area contributed by atoms with E-state index in [1.807, 2.05) is 18.2 Å². The first-order chi connectivity index (χ1) is 8.22. The van der Waals surface area contributed by atoms with Gasteiger partial charge in [-0.15, -0.1) is 0 Å². The number of ether oxygens (including phenoxy) is 2. The molecule has 1 heterocycles. The highest BCUT2D eigenvalue weighted by Gasteiger charge is 2.05. The van der Waals surface area contributed by atoms with Crippen molar-refractivity contribution in [3.05, 3.63) is 36.2 Å². The van der Waals surface area contributed by atoms with Crippen LogP contribution in [-0.2, 0) is 6.54 Å². The molecule has 2 N–H and O–H groups in total. The molecule has 0 saturated carbocycles. The predicted octanol–water partition coefficient (Wildman–Crippen LogP) is 1.53. The molecule has 17 heavy (non-hydrogen) atoms. The molecule has 2 rings (SSSR count). The van der Waals surface area contributed by atoms with E-state index in [0.717, 1.165) is 11.3 Å². The second-order valence-corrected chi connectivity index (χ2v) is 3.66. The summed E-state index contributed by atoms with van der Waals surface area (Å²) < 4.78 is 12.2. The van der Waals surface area contributed by atoms with Crippen molar-refractivity contribution in [3.8, 4) is 11.5 Å². The molecule has 0 unspecified atom stereocenters. The molecule has 0 bridgehead atoms. The molecule has 0 aliphatic heterocycles. The Morgan fingerprint density at radius 3 is 2.59 bits per heavy atom. The molecule has 0 spiro atoms. The minimum absolute atomic E-state index is 0.650. The fraction of sp³-hybridized carbons (Fsp3) is 0.250. The van der Waals surface area contributed by atoms with Gasteiger partial charge in [-0.3, -0.25) is 4.68 Å². The quantitative estimate of drug-likeness (QED) is 0.870. The molecule has 0 atom stereocenters. The summed E-state index contributed by atoms with van der Waals surface area (Å²) >= 11 is 0. The first-order valence-corrected chi connectivity index (χ1v) is 5.21. The standard InChI is InChI=1S/C12H15N3O2/c1-16-11-4-3-9(5-12(11)17-2)7-15-8-10(13)6-14-15/h3-6,8H,7,13H2,1-2H3. The van der Waals surface area contributed by atoms with Crippen molar-refractivity contribution < 1.29 is 9.47 Å². The van der Waals surface area contributed by atoms with E-state index in [0.29, 0.717) is 18.0 Å². The summed E-state index contributed by atoms with van der Waals surface area (Å²) in [6.45, 7) is 0.650. The molecule has 0 aliphatic carbocycles. The lowest BCUT2D eigenvalue weighted by atomic mass is 10.2. The van der Waals surface area contributed by atoms with Crippen LogP contribution in [-0.4, -0.2) is 24.0 Å². The SMILES string of the molecule is COc1ccc(Cn2cc(N)cn2)cc1OC. The summed E-state index contributed by atoms with van der Waals surface area (Å²) in [5.41, 5.74) is 7.34. The summed E-state index contributed by atoms with van der Waals surface area (Å²) in [7, 11) is 3.24. The highest BCUT2D eigenvalue weighted by molar-refractivity contribution is 5.43. The lowest BCUT2D eigenvalue weighted by Gasteiger charge is -2.09. The van der Waals surface area contributed by atoms with Gasteiger partial charge in [-0.1, -0.05) is 6.07 Å². The van der Waals surface area contributed by atoms with Crippen molar-refractivity contribution in [3.63, 3.8) is 0 Å². The zero-order valence-electron chi connectivity index (χ0n) is 9.88. The maximum atomic E-state index is 5.61. The molecule has 0 saturated heterocycles. The number of nitrogens with zero attached hydrogens (tertiary/aromatic N) is 2. The van der Waals surface area contributed by atoms with Crippen LogP contribution in [0.15, 0.2) is 30.6 Å². The number of benzene rings is 1. The maximum Gasteiger partial charge on any atom is 0.161 e. The van der Waals surface area contributed by atoms with Crippen LogP contribution < -0.4 is 15.2 Å². The summed E-state index contributed by atoms with van der Waals surface area (Å²) in [5.74, 6) is 1.43. The highest BCUT2D eigenvalue weighted by Crippen LogP contribution is 2.27. The van der Waals surface area contributed by atoms with Crippen LogP contribution in [0, 0.1) is 0 Å². The van der Waals surface area contributed by atoms with E-state index in [-0.39, 0.29) is 0 Å². The Morgan fingerprint density at radius 1 is 1.24 bits per heavy atom. The number of hydrogen-bond donors (Lipinski definition) is 1. The summed E-state index contributed by atoms with van der Waals surface area (Å²) in [5, 5.41) is 4.13. The smallest absolute Gasteiger partial charge is 0.161 e. The van der Waals surface area contributed by atoms with Gasteiger partial charge in [-0.05, 0) is 17.7 Å². The average Bonchev–Trinajstić information content (AvgIpc) is 2.74. The molecule has 0 radical (unpaired) electrons. The van der Waals surface area contributed by atoms with Gasteiger partial charge in [0.15, 0.2) is 11.5 Å². The van der Waals surface area contributed by atoms with Crippen LogP contribution in [0.4, 0.5) is 5.69 Å². The first kappa shape index (κ1) is 11.3. The first-order valence-electron chi connectivity index (χ1n) is 5.21. The fourth-order valence-electron chi connectivity index (χ4n) is 1.63. The van der Waals surface area contributed by atoms with Crippen LogP contribution in [0.1, 0.15) is 5.56 Å². The van der Waals surface area contributed by atoms with Crippen LogP contribution in [0.5, 0.6) is 11.5 Å². The van der Waals surface area contributed by atoms with E-state index in [9.17, 15) is 0 Å². The monoisotopic (exact) mass is 233 g/mol. The fourth-order valence-corrected chi connectivity index (χ4v) is 1.63. The molecule has 2 aromatic rings. The van der Waals surface area contributed by atoms with Crippen molar-refractivity contribution >= 4 is 5.69 Å². The maximum absolute atomic E-state index is 5.61. The Balaban J connectivity index is 2.22. The topological polar surface area (TPSA) is 62.3 Å². The molecule has 1 aromatic heterocycles. The molecule has 0 fully saturated rings. The van der Waals surface area contributed by atoms with Gasteiger partial charge in [0.1, 0.15) is 0 Å². The van der Waals surface area contributed by atoms with Crippen molar-refractivity contribution in [2.45, 2.75) is 6.54 Å². The van der Waals surface area contributed by atoms with Gasteiger partial charge in [0, 0.05) is 6.20 Å². The molecule has 0 aliphatic rings. The van der Waals surface area contributed by atoms with Crippen molar-refractivity contribution in [1.29, 1.82) is 0 Å². The Bertz CT molecular complexity index is 508. The van der Waals surface area contributed by atoms with Crippen molar-refractivity contribution in [1.82, 2.24) is 9.78 Å². The Labute approximate surface area is 99.8 Å². The minimum Gasteiger partial charge on any atom is -0.493 e. The van der Waals surface area contributed by atoms with E-state index in [1.54, 1.807) is 31.3 Å². The molecule has 90 valence electrons.